The number of nitrogens with one attached hydrogen (secondary N) is 2. The molecule has 0 aliphatic rings. The van der Waals surface area contributed by atoms with Crippen LogP contribution in [0.4, 0.5) is 11.5 Å². The fourth-order valence-electron chi connectivity index (χ4n) is 1.21. The molecule has 17 heavy (non-hydrogen) atoms. The van der Waals surface area contributed by atoms with Gasteiger partial charge in [0.25, 0.3) is 0 Å². The second kappa shape index (κ2) is 5.56. The molecule has 0 aliphatic carbocycles. The molecule has 0 saturated carbocycles. The molecule has 2 aromatic rings. The summed E-state index contributed by atoms with van der Waals surface area (Å²) in [6, 6.07) is 7.30. The van der Waals surface area contributed by atoms with Gasteiger partial charge < -0.3 is 10.6 Å². The maximum Gasteiger partial charge on any atom is 0.176 e. The van der Waals surface area contributed by atoms with Crippen LogP contribution in [0.1, 0.15) is 0 Å². The van der Waals surface area contributed by atoms with Crippen LogP contribution in [-0.2, 0) is 0 Å². The van der Waals surface area contributed by atoms with Gasteiger partial charge in [-0.1, -0.05) is 17.7 Å². The number of nitrogens with zero attached hydrogens (tertiary/aromatic N) is 2. The SMILES string of the molecule is S=C(Nc1cccc(Cl)c1)Nc1cnccn1. The molecule has 1 aromatic carbocycles. The van der Waals surface area contributed by atoms with Crippen LogP contribution >= 0.6 is 23.8 Å². The third kappa shape index (κ3) is 3.65. The van der Waals surface area contributed by atoms with Crippen molar-refractivity contribution in [1.29, 1.82) is 0 Å². The van der Waals surface area contributed by atoms with Crippen molar-refractivity contribution in [3.8, 4) is 0 Å². The Kier molecular flexibility index (Phi) is 3.85. The van der Waals surface area contributed by atoms with Crippen LogP contribution in [0.5, 0.6) is 0 Å². The fourth-order valence-corrected chi connectivity index (χ4v) is 1.62. The van der Waals surface area contributed by atoms with E-state index in [4.69, 9.17) is 23.8 Å². The number of thiocarbonyl (C=S) groups is 1. The van der Waals surface area contributed by atoms with Gasteiger partial charge in [-0.3, -0.25) is 4.98 Å². The molecule has 0 aliphatic heterocycles. The zero-order valence-corrected chi connectivity index (χ0v) is 10.3. The van der Waals surface area contributed by atoms with Gasteiger partial charge >= 0.3 is 0 Å². The summed E-state index contributed by atoms with van der Waals surface area (Å²) in [5.41, 5.74) is 0.818. The summed E-state index contributed by atoms with van der Waals surface area (Å²) < 4.78 is 0. The van der Waals surface area contributed by atoms with Crippen molar-refractivity contribution < 1.29 is 0 Å². The fraction of sp³-hybridized carbons (Fsp3) is 0. The van der Waals surface area contributed by atoms with E-state index in [2.05, 4.69) is 20.6 Å². The van der Waals surface area contributed by atoms with Gasteiger partial charge in [0.2, 0.25) is 0 Å². The number of hydrogen-bond donors (Lipinski definition) is 2. The second-order valence-electron chi connectivity index (χ2n) is 3.18. The number of rotatable bonds is 2. The molecule has 0 saturated heterocycles. The van der Waals surface area contributed by atoms with Crippen LogP contribution in [0.3, 0.4) is 0 Å². The molecule has 0 bridgehead atoms. The van der Waals surface area contributed by atoms with Gasteiger partial charge in [0.1, 0.15) is 0 Å². The molecular weight excluding hydrogens is 256 g/mol. The highest BCUT2D eigenvalue weighted by atomic mass is 35.5. The van der Waals surface area contributed by atoms with Crippen molar-refractivity contribution in [3.63, 3.8) is 0 Å². The first kappa shape index (κ1) is 11.8. The first-order chi connectivity index (χ1) is 8.24. The lowest BCUT2D eigenvalue weighted by Gasteiger charge is -2.09. The molecule has 6 heteroatoms. The summed E-state index contributed by atoms with van der Waals surface area (Å²) in [7, 11) is 0. The summed E-state index contributed by atoms with van der Waals surface area (Å²) in [6.45, 7) is 0. The largest absolute Gasteiger partial charge is 0.332 e. The highest BCUT2D eigenvalue weighted by Crippen LogP contribution is 2.15. The van der Waals surface area contributed by atoms with E-state index in [1.54, 1.807) is 30.7 Å². The van der Waals surface area contributed by atoms with E-state index in [-0.39, 0.29) is 0 Å². The molecule has 2 N–H and O–H groups in total. The van der Waals surface area contributed by atoms with Crippen LogP contribution in [0, 0.1) is 0 Å². The predicted octanol–water partition coefficient (Wildman–Crippen LogP) is 2.94. The lowest BCUT2D eigenvalue weighted by atomic mass is 10.3. The standard InChI is InChI=1S/C11H9ClN4S/c12-8-2-1-3-9(6-8)15-11(17)16-10-7-13-4-5-14-10/h1-7H,(H2,14,15,16,17). The predicted molar refractivity (Wildman–Crippen MR) is 73.3 cm³/mol. The maximum atomic E-state index is 5.86. The smallest absolute Gasteiger partial charge is 0.176 e. The lowest BCUT2D eigenvalue weighted by Crippen LogP contribution is -2.19. The zero-order chi connectivity index (χ0) is 12.1. The topological polar surface area (TPSA) is 49.8 Å². The average molecular weight is 265 g/mol. The van der Waals surface area contributed by atoms with E-state index in [0.717, 1.165) is 5.69 Å². The lowest BCUT2D eigenvalue weighted by molar-refractivity contribution is 1.21. The van der Waals surface area contributed by atoms with Gasteiger partial charge in [0.15, 0.2) is 10.9 Å². The Labute approximate surface area is 109 Å². The summed E-state index contributed by atoms with van der Waals surface area (Å²) >= 11 is 11.0. The normalized spacial score (nSPS) is 9.71. The summed E-state index contributed by atoms with van der Waals surface area (Å²) in [4.78, 5) is 7.98. The van der Waals surface area contributed by atoms with Gasteiger partial charge in [-0.25, -0.2) is 4.98 Å². The summed E-state index contributed by atoms with van der Waals surface area (Å²) in [5.74, 6) is 0.590. The van der Waals surface area contributed by atoms with Crippen molar-refractivity contribution in [3.05, 3.63) is 47.9 Å². The van der Waals surface area contributed by atoms with Crippen molar-refractivity contribution in [1.82, 2.24) is 9.97 Å². The molecule has 0 radical (unpaired) electrons. The molecule has 86 valence electrons. The molecule has 0 amide bonds. The third-order valence-electron chi connectivity index (χ3n) is 1.89. The zero-order valence-electron chi connectivity index (χ0n) is 8.72. The van der Waals surface area contributed by atoms with E-state index in [1.165, 1.54) is 0 Å². The van der Waals surface area contributed by atoms with E-state index in [0.29, 0.717) is 16.0 Å². The van der Waals surface area contributed by atoms with Crippen LogP contribution in [-0.4, -0.2) is 15.1 Å². The number of anilines is 2. The van der Waals surface area contributed by atoms with Crippen molar-refractivity contribution >= 4 is 40.4 Å². The number of benzene rings is 1. The van der Waals surface area contributed by atoms with Crippen LogP contribution in [0.2, 0.25) is 5.02 Å². The number of aromatic nitrogens is 2. The second-order valence-corrected chi connectivity index (χ2v) is 4.02. The van der Waals surface area contributed by atoms with E-state index in [1.807, 2.05) is 12.1 Å². The van der Waals surface area contributed by atoms with E-state index < -0.39 is 0 Å². The maximum absolute atomic E-state index is 5.86. The molecule has 1 heterocycles. The molecule has 0 spiro atoms. The van der Waals surface area contributed by atoms with Gasteiger partial charge in [-0.15, -0.1) is 0 Å². The Morgan fingerprint density at radius 2 is 2.12 bits per heavy atom. The molecule has 0 unspecified atom stereocenters. The van der Waals surface area contributed by atoms with E-state index >= 15 is 0 Å². The first-order valence-corrected chi connectivity index (χ1v) is 5.62. The van der Waals surface area contributed by atoms with Crippen molar-refractivity contribution in [2.75, 3.05) is 10.6 Å². The minimum absolute atomic E-state index is 0.438. The molecule has 0 atom stereocenters. The Morgan fingerprint density at radius 3 is 2.82 bits per heavy atom. The quantitative estimate of drug-likeness (QED) is 0.817. The summed E-state index contributed by atoms with van der Waals surface area (Å²) in [6.07, 6.45) is 4.77. The molecule has 1 aromatic heterocycles. The van der Waals surface area contributed by atoms with Gasteiger partial charge in [-0.2, -0.15) is 0 Å². The van der Waals surface area contributed by atoms with Crippen LogP contribution in [0.25, 0.3) is 0 Å². The van der Waals surface area contributed by atoms with Crippen molar-refractivity contribution in [2.24, 2.45) is 0 Å². The molecule has 4 nitrogen and oxygen atoms in total. The Hall–Kier alpha value is -1.72. The molecular formula is C11H9ClN4S. The highest BCUT2D eigenvalue weighted by molar-refractivity contribution is 7.80. The van der Waals surface area contributed by atoms with Gasteiger partial charge in [0, 0.05) is 23.1 Å². The average Bonchev–Trinajstić information content (AvgIpc) is 2.30. The minimum atomic E-state index is 0.438. The minimum Gasteiger partial charge on any atom is -0.332 e. The first-order valence-electron chi connectivity index (χ1n) is 4.83. The number of hydrogen-bond acceptors (Lipinski definition) is 3. The van der Waals surface area contributed by atoms with Gasteiger partial charge in [0.05, 0.1) is 6.20 Å². The van der Waals surface area contributed by atoms with Crippen LogP contribution in [0.15, 0.2) is 42.9 Å². The Morgan fingerprint density at radius 1 is 1.24 bits per heavy atom. The highest BCUT2D eigenvalue weighted by Gasteiger charge is 1.99. The monoisotopic (exact) mass is 264 g/mol. The summed E-state index contributed by atoms with van der Waals surface area (Å²) in [5, 5.41) is 7.00. The van der Waals surface area contributed by atoms with Gasteiger partial charge in [-0.05, 0) is 30.4 Å². The number of halogens is 1. The third-order valence-corrected chi connectivity index (χ3v) is 2.33. The van der Waals surface area contributed by atoms with E-state index in [9.17, 15) is 0 Å². The van der Waals surface area contributed by atoms with Crippen molar-refractivity contribution in [2.45, 2.75) is 0 Å². The Balaban J connectivity index is 1.98. The Bertz CT molecular complexity index is 518. The molecule has 2 rings (SSSR count). The molecule has 0 fully saturated rings. The van der Waals surface area contributed by atoms with Crippen LogP contribution < -0.4 is 10.6 Å².